The van der Waals surface area contributed by atoms with Crippen molar-refractivity contribution in [2.75, 3.05) is 73.6 Å². The van der Waals surface area contributed by atoms with Gasteiger partial charge in [-0.25, -0.2) is 0 Å². The van der Waals surface area contributed by atoms with Crippen LogP contribution in [0.15, 0.2) is 4.99 Å². The van der Waals surface area contributed by atoms with Gasteiger partial charge in [-0.1, -0.05) is 19.3 Å². The molecule has 154 valence electrons. The van der Waals surface area contributed by atoms with Gasteiger partial charge in [0, 0.05) is 45.8 Å². The predicted molar refractivity (Wildman–Crippen MR) is 121 cm³/mol. The number of guanidine groups is 1. The summed E-state index contributed by atoms with van der Waals surface area (Å²) in [4.78, 5) is 11.8. The van der Waals surface area contributed by atoms with Crippen molar-refractivity contribution in [1.82, 2.24) is 20.0 Å². The monoisotopic (exact) mass is 481 g/mol. The summed E-state index contributed by atoms with van der Waals surface area (Å²) < 4.78 is 5.47. The van der Waals surface area contributed by atoms with E-state index in [0.29, 0.717) is 6.04 Å². The minimum absolute atomic E-state index is 0. The lowest BCUT2D eigenvalue weighted by molar-refractivity contribution is 0.0195. The van der Waals surface area contributed by atoms with Crippen LogP contribution in [-0.4, -0.2) is 100 Å². The van der Waals surface area contributed by atoms with Crippen LogP contribution in [0, 0.1) is 0 Å². The molecule has 2 aliphatic heterocycles. The van der Waals surface area contributed by atoms with E-state index in [1.165, 1.54) is 45.1 Å². The summed E-state index contributed by atoms with van der Waals surface area (Å²) >= 11 is 0. The van der Waals surface area contributed by atoms with Crippen molar-refractivity contribution >= 4 is 29.9 Å². The molecule has 7 heteroatoms. The Kier molecular flexibility index (Phi) is 12.8. The molecule has 0 aromatic carbocycles. The average Bonchev–Trinajstić information content (AvgIpc) is 3.11. The number of nitrogens with zero attached hydrogens (tertiary/aromatic N) is 4. The molecule has 0 spiro atoms. The smallest absolute Gasteiger partial charge is 0.193 e. The van der Waals surface area contributed by atoms with Gasteiger partial charge in [-0.05, 0) is 39.9 Å². The summed E-state index contributed by atoms with van der Waals surface area (Å²) in [5.74, 6) is 1.09. The number of rotatable bonds is 9. The maximum atomic E-state index is 5.47. The van der Waals surface area contributed by atoms with Gasteiger partial charge >= 0.3 is 0 Å². The molecule has 0 amide bonds. The van der Waals surface area contributed by atoms with Gasteiger partial charge < -0.3 is 19.9 Å². The third kappa shape index (κ3) is 8.71. The normalized spacial score (nSPS) is 21.9. The zero-order valence-corrected chi connectivity index (χ0v) is 19.4. The number of halogens is 1. The molecule has 26 heavy (non-hydrogen) atoms. The molecule has 0 radical (unpaired) electrons. The zero-order valence-electron chi connectivity index (χ0n) is 17.1. The van der Waals surface area contributed by atoms with Crippen molar-refractivity contribution in [3.8, 4) is 0 Å². The lowest BCUT2D eigenvalue weighted by atomic mass is 10.1. The molecule has 1 atom stereocenters. The molecule has 0 aromatic heterocycles. The second kappa shape index (κ2) is 14.0. The number of aliphatic imine (C=N–C) groups is 1. The first kappa shape index (κ1) is 23.9. The number of unbranched alkanes of at least 4 members (excludes halogenated alkanes) is 4. The Hall–Kier alpha value is -0.120. The maximum Gasteiger partial charge on any atom is 0.193 e. The lowest BCUT2D eigenvalue weighted by Crippen LogP contribution is -2.46. The van der Waals surface area contributed by atoms with Crippen LogP contribution in [0.2, 0.25) is 0 Å². The molecule has 6 nitrogen and oxygen atoms in total. The van der Waals surface area contributed by atoms with Gasteiger partial charge in [0.2, 0.25) is 0 Å². The van der Waals surface area contributed by atoms with E-state index in [9.17, 15) is 0 Å². The SMILES string of the molecule is CN=C(NCCCCCCCN(C)C)N1CCC(N2CCOCC2)C1.I. The number of nitrogens with one attached hydrogen (secondary N) is 1. The Balaban J connectivity index is 0.00000338. The lowest BCUT2D eigenvalue weighted by Gasteiger charge is -2.32. The third-order valence-corrected chi connectivity index (χ3v) is 5.30. The van der Waals surface area contributed by atoms with Crippen LogP contribution in [0.5, 0.6) is 0 Å². The van der Waals surface area contributed by atoms with Crippen LogP contribution in [0.3, 0.4) is 0 Å². The third-order valence-electron chi connectivity index (χ3n) is 5.30. The van der Waals surface area contributed by atoms with Crippen LogP contribution in [0.4, 0.5) is 0 Å². The first-order chi connectivity index (χ1) is 12.2. The zero-order chi connectivity index (χ0) is 17.9. The van der Waals surface area contributed by atoms with Gasteiger partial charge in [-0.2, -0.15) is 0 Å². The highest BCUT2D eigenvalue weighted by molar-refractivity contribution is 14.0. The van der Waals surface area contributed by atoms with Crippen LogP contribution < -0.4 is 5.32 Å². The first-order valence-corrected chi connectivity index (χ1v) is 10.1. The van der Waals surface area contributed by atoms with Crippen LogP contribution in [0.25, 0.3) is 0 Å². The van der Waals surface area contributed by atoms with Crippen LogP contribution in [0.1, 0.15) is 38.5 Å². The molecule has 0 aromatic rings. The summed E-state index contributed by atoms with van der Waals surface area (Å²) in [5.41, 5.74) is 0. The van der Waals surface area contributed by atoms with E-state index >= 15 is 0 Å². The molecular weight excluding hydrogens is 441 g/mol. The van der Waals surface area contributed by atoms with E-state index in [1.54, 1.807) is 0 Å². The Morgan fingerprint density at radius 1 is 1.08 bits per heavy atom. The van der Waals surface area contributed by atoms with Crippen molar-refractivity contribution < 1.29 is 4.74 Å². The topological polar surface area (TPSA) is 43.3 Å². The number of morpholine rings is 1. The molecule has 2 saturated heterocycles. The Labute approximate surface area is 177 Å². The molecule has 1 unspecified atom stereocenters. The van der Waals surface area contributed by atoms with Gasteiger partial charge in [-0.3, -0.25) is 9.89 Å². The predicted octanol–water partition coefficient (Wildman–Crippen LogP) is 2.10. The molecule has 0 bridgehead atoms. The molecule has 1 N–H and O–H groups in total. The second-order valence-electron chi connectivity index (χ2n) is 7.58. The molecular formula is C19H40IN5O. The molecule has 0 saturated carbocycles. The van der Waals surface area contributed by atoms with Crippen molar-refractivity contribution in [3.63, 3.8) is 0 Å². The summed E-state index contributed by atoms with van der Waals surface area (Å²) in [6, 6.07) is 0.666. The molecule has 0 aliphatic carbocycles. The Bertz CT molecular complexity index is 388. The second-order valence-corrected chi connectivity index (χ2v) is 7.58. The fraction of sp³-hybridized carbons (Fsp3) is 0.947. The number of hydrogen-bond acceptors (Lipinski definition) is 4. The summed E-state index contributed by atoms with van der Waals surface area (Å²) in [6.45, 7) is 8.41. The standard InChI is InChI=1S/C19H39N5O.HI/c1-20-19(21-10-7-5-4-6-8-11-22(2)3)24-12-9-18(17-24)23-13-15-25-16-14-23;/h18H,4-17H2,1-3H3,(H,20,21);1H. The van der Waals surface area contributed by atoms with Crippen molar-refractivity contribution in [2.45, 2.75) is 44.6 Å². The molecule has 2 heterocycles. The average molecular weight is 481 g/mol. The van der Waals surface area contributed by atoms with Gasteiger partial charge in [0.15, 0.2) is 5.96 Å². The van der Waals surface area contributed by atoms with Gasteiger partial charge in [0.1, 0.15) is 0 Å². The minimum atomic E-state index is 0. The van der Waals surface area contributed by atoms with E-state index in [-0.39, 0.29) is 24.0 Å². The molecule has 2 fully saturated rings. The van der Waals surface area contributed by atoms with Crippen molar-refractivity contribution in [1.29, 1.82) is 0 Å². The van der Waals surface area contributed by atoms with Crippen LogP contribution >= 0.6 is 24.0 Å². The molecule has 2 aliphatic rings. The Morgan fingerprint density at radius 2 is 1.77 bits per heavy atom. The van der Waals surface area contributed by atoms with Gasteiger partial charge in [0.25, 0.3) is 0 Å². The molecule has 2 rings (SSSR count). The van der Waals surface area contributed by atoms with Crippen LogP contribution in [-0.2, 0) is 4.74 Å². The van der Waals surface area contributed by atoms with E-state index in [1.807, 2.05) is 7.05 Å². The highest BCUT2D eigenvalue weighted by Gasteiger charge is 2.30. The summed E-state index contributed by atoms with van der Waals surface area (Å²) in [7, 11) is 6.21. The van der Waals surface area contributed by atoms with E-state index in [0.717, 1.165) is 51.9 Å². The fourth-order valence-electron chi connectivity index (χ4n) is 3.79. The summed E-state index contributed by atoms with van der Waals surface area (Å²) in [6.07, 6.45) is 7.80. The number of hydrogen-bond donors (Lipinski definition) is 1. The fourth-order valence-corrected chi connectivity index (χ4v) is 3.79. The van der Waals surface area contributed by atoms with E-state index < -0.39 is 0 Å². The quantitative estimate of drug-likeness (QED) is 0.237. The van der Waals surface area contributed by atoms with Crippen molar-refractivity contribution in [2.24, 2.45) is 4.99 Å². The Morgan fingerprint density at radius 3 is 2.46 bits per heavy atom. The highest BCUT2D eigenvalue weighted by atomic mass is 127. The minimum Gasteiger partial charge on any atom is -0.379 e. The largest absolute Gasteiger partial charge is 0.379 e. The number of likely N-dealkylation sites (tertiary alicyclic amines) is 1. The highest BCUT2D eigenvalue weighted by Crippen LogP contribution is 2.17. The first-order valence-electron chi connectivity index (χ1n) is 10.1. The number of ether oxygens (including phenoxy) is 1. The van der Waals surface area contributed by atoms with Gasteiger partial charge in [0.05, 0.1) is 13.2 Å². The van der Waals surface area contributed by atoms with E-state index in [2.05, 4.69) is 39.1 Å². The maximum absolute atomic E-state index is 5.47. The summed E-state index contributed by atoms with van der Waals surface area (Å²) in [5, 5.41) is 3.57. The van der Waals surface area contributed by atoms with Gasteiger partial charge in [-0.15, -0.1) is 24.0 Å². The van der Waals surface area contributed by atoms with Crippen molar-refractivity contribution in [3.05, 3.63) is 0 Å². The van der Waals surface area contributed by atoms with E-state index in [4.69, 9.17) is 4.74 Å².